The fraction of sp³-hybridized carbons (Fsp3) is 0.583. The average Bonchev–Trinajstić information content (AvgIpc) is 2.28. The second kappa shape index (κ2) is 4.29. The van der Waals surface area contributed by atoms with Crippen LogP contribution < -0.4 is 15.7 Å². The van der Waals surface area contributed by atoms with Crippen LogP contribution in [0, 0.1) is 0 Å². The zero-order valence-corrected chi connectivity index (χ0v) is 10.2. The second-order valence-corrected chi connectivity index (χ2v) is 4.89. The van der Waals surface area contributed by atoms with Crippen LogP contribution in [-0.2, 0) is 0 Å². The number of nitrogens with zero attached hydrogens (tertiary/aromatic N) is 2. The summed E-state index contributed by atoms with van der Waals surface area (Å²) in [4.78, 5) is 9.68. The Labute approximate surface area is 96.4 Å². The Morgan fingerprint density at radius 3 is 2.94 bits per heavy atom. The molecule has 4 heteroatoms. The molecule has 2 N–H and O–H groups in total. The van der Waals surface area contributed by atoms with E-state index in [0.717, 1.165) is 25.1 Å². The number of hydrogen-bond donors (Lipinski definition) is 2. The molecule has 0 amide bonds. The summed E-state index contributed by atoms with van der Waals surface area (Å²) in [5, 5.41) is 3.51. The summed E-state index contributed by atoms with van der Waals surface area (Å²) in [5.74, 6) is 0. The number of pyridine rings is 1. The minimum Gasteiger partial charge on any atom is -0.368 e. The van der Waals surface area contributed by atoms with Gasteiger partial charge in [0.25, 0.3) is 0 Å². The van der Waals surface area contributed by atoms with E-state index in [0.29, 0.717) is 0 Å². The first-order valence-electron chi connectivity index (χ1n) is 5.72. The highest BCUT2D eigenvalue weighted by atomic mass is 15.2. The third-order valence-electron chi connectivity index (χ3n) is 2.95. The number of anilines is 1. The van der Waals surface area contributed by atoms with Crippen molar-refractivity contribution in [2.45, 2.75) is 19.4 Å². The summed E-state index contributed by atoms with van der Waals surface area (Å²) in [6.07, 6.45) is 1.95. The third-order valence-corrected chi connectivity index (χ3v) is 2.95. The SMILES string of the molecule is CN=c1cc(N2CCNC(C)(C)C2)cc[nH]1. The lowest BCUT2D eigenvalue weighted by molar-refractivity contribution is 0.353. The second-order valence-electron chi connectivity index (χ2n) is 4.89. The van der Waals surface area contributed by atoms with Gasteiger partial charge in [-0.15, -0.1) is 0 Å². The highest BCUT2D eigenvalue weighted by Gasteiger charge is 2.25. The molecule has 0 saturated carbocycles. The molecule has 1 aromatic heterocycles. The average molecular weight is 220 g/mol. The van der Waals surface area contributed by atoms with E-state index in [2.05, 4.69) is 46.2 Å². The molecule has 2 rings (SSSR count). The molecular formula is C12H20N4. The van der Waals surface area contributed by atoms with Crippen molar-refractivity contribution in [1.29, 1.82) is 0 Å². The Morgan fingerprint density at radius 2 is 2.25 bits per heavy atom. The molecule has 0 unspecified atom stereocenters. The number of hydrogen-bond acceptors (Lipinski definition) is 3. The predicted molar refractivity (Wildman–Crippen MR) is 66.6 cm³/mol. The Morgan fingerprint density at radius 1 is 1.44 bits per heavy atom. The van der Waals surface area contributed by atoms with Gasteiger partial charge in [-0.05, 0) is 19.9 Å². The minimum atomic E-state index is 0.182. The molecule has 2 heterocycles. The first kappa shape index (κ1) is 11.2. The summed E-state index contributed by atoms with van der Waals surface area (Å²) in [7, 11) is 1.80. The van der Waals surface area contributed by atoms with E-state index in [9.17, 15) is 0 Å². The molecule has 1 aromatic rings. The van der Waals surface area contributed by atoms with Crippen molar-refractivity contribution in [3.63, 3.8) is 0 Å². The Balaban J connectivity index is 2.23. The molecule has 0 atom stereocenters. The maximum atomic E-state index is 4.16. The van der Waals surface area contributed by atoms with Gasteiger partial charge in [-0.1, -0.05) is 0 Å². The fourth-order valence-corrected chi connectivity index (χ4v) is 2.13. The van der Waals surface area contributed by atoms with Crippen LogP contribution >= 0.6 is 0 Å². The van der Waals surface area contributed by atoms with Gasteiger partial charge in [-0.25, -0.2) is 0 Å². The number of aromatic nitrogens is 1. The van der Waals surface area contributed by atoms with Crippen molar-refractivity contribution in [2.24, 2.45) is 4.99 Å². The van der Waals surface area contributed by atoms with E-state index in [4.69, 9.17) is 0 Å². The van der Waals surface area contributed by atoms with Crippen LogP contribution in [0.4, 0.5) is 5.69 Å². The largest absolute Gasteiger partial charge is 0.368 e. The van der Waals surface area contributed by atoms with Gasteiger partial charge in [-0.3, -0.25) is 4.99 Å². The lowest BCUT2D eigenvalue weighted by atomic mass is 10.0. The van der Waals surface area contributed by atoms with Crippen LogP contribution in [0.1, 0.15) is 13.8 Å². The third kappa shape index (κ3) is 2.44. The number of piperazine rings is 1. The molecule has 88 valence electrons. The van der Waals surface area contributed by atoms with Crippen molar-refractivity contribution in [3.05, 3.63) is 23.8 Å². The molecule has 0 aliphatic carbocycles. The summed E-state index contributed by atoms with van der Waals surface area (Å²) in [6.45, 7) is 7.58. The zero-order valence-electron chi connectivity index (χ0n) is 10.2. The maximum Gasteiger partial charge on any atom is 0.126 e. The first-order chi connectivity index (χ1) is 7.61. The highest BCUT2D eigenvalue weighted by Crippen LogP contribution is 2.17. The van der Waals surface area contributed by atoms with Crippen molar-refractivity contribution >= 4 is 5.69 Å². The highest BCUT2D eigenvalue weighted by molar-refractivity contribution is 5.45. The van der Waals surface area contributed by atoms with Crippen LogP contribution in [0.3, 0.4) is 0 Å². The lowest BCUT2D eigenvalue weighted by Crippen LogP contribution is -2.57. The van der Waals surface area contributed by atoms with Gasteiger partial charge in [0.15, 0.2) is 0 Å². The van der Waals surface area contributed by atoms with Gasteiger partial charge < -0.3 is 15.2 Å². The van der Waals surface area contributed by atoms with Gasteiger partial charge in [0, 0.05) is 50.2 Å². The molecule has 16 heavy (non-hydrogen) atoms. The summed E-state index contributed by atoms with van der Waals surface area (Å²) < 4.78 is 0. The monoisotopic (exact) mass is 220 g/mol. The van der Waals surface area contributed by atoms with Crippen LogP contribution in [0.25, 0.3) is 0 Å². The minimum absolute atomic E-state index is 0.182. The molecule has 1 fully saturated rings. The number of nitrogens with one attached hydrogen (secondary N) is 2. The molecule has 0 bridgehead atoms. The molecular weight excluding hydrogens is 200 g/mol. The van der Waals surface area contributed by atoms with E-state index in [1.807, 2.05) is 6.20 Å². The van der Waals surface area contributed by atoms with Crippen molar-refractivity contribution in [2.75, 3.05) is 31.6 Å². The van der Waals surface area contributed by atoms with Crippen molar-refractivity contribution in [3.8, 4) is 0 Å². The van der Waals surface area contributed by atoms with Crippen LogP contribution in [0.15, 0.2) is 23.3 Å². The van der Waals surface area contributed by atoms with Crippen molar-refractivity contribution in [1.82, 2.24) is 10.3 Å². The van der Waals surface area contributed by atoms with Gasteiger partial charge in [0.05, 0.1) is 0 Å². The number of rotatable bonds is 1. The van der Waals surface area contributed by atoms with Gasteiger partial charge in [-0.2, -0.15) is 0 Å². The standard InChI is InChI=1S/C12H20N4/c1-12(2)9-16(7-6-15-12)10-4-5-14-11(8-10)13-3/h4-5,8,15H,6-7,9H2,1-3H3,(H,13,14). The maximum absolute atomic E-state index is 4.16. The van der Waals surface area contributed by atoms with Gasteiger partial charge in [0.1, 0.15) is 5.49 Å². The summed E-state index contributed by atoms with van der Waals surface area (Å²) >= 11 is 0. The predicted octanol–water partition coefficient (Wildman–Crippen LogP) is 0.733. The molecule has 0 radical (unpaired) electrons. The molecule has 1 aliphatic rings. The van der Waals surface area contributed by atoms with Crippen molar-refractivity contribution < 1.29 is 0 Å². The topological polar surface area (TPSA) is 43.4 Å². The van der Waals surface area contributed by atoms with Crippen LogP contribution in [-0.4, -0.2) is 37.2 Å². The number of H-pyrrole nitrogens is 1. The summed E-state index contributed by atoms with van der Waals surface area (Å²) in [6, 6.07) is 4.21. The lowest BCUT2D eigenvalue weighted by Gasteiger charge is -2.40. The Kier molecular flexibility index (Phi) is 3.01. The van der Waals surface area contributed by atoms with E-state index >= 15 is 0 Å². The van der Waals surface area contributed by atoms with Gasteiger partial charge >= 0.3 is 0 Å². The van der Waals surface area contributed by atoms with Gasteiger partial charge in [0.2, 0.25) is 0 Å². The van der Waals surface area contributed by atoms with Crippen LogP contribution in [0.2, 0.25) is 0 Å². The normalized spacial score (nSPS) is 21.2. The Bertz CT molecular complexity index is 419. The molecule has 1 aliphatic heterocycles. The summed E-state index contributed by atoms with van der Waals surface area (Å²) in [5.41, 5.74) is 2.35. The van der Waals surface area contributed by atoms with E-state index < -0.39 is 0 Å². The molecule has 1 saturated heterocycles. The van der Waals surface area contributed by atoms with E-state index in [-0.39, 0.29) is 5.54 Å². The smallest absolute Gasteiger partial charge is 0.126 e. The number of aromatic amines is 1. The molecule has 0 spiro atoms. The van der Waals surface area contributed by atoms with E-state index in [1.165, 1.54) is 5.69 Å². The fourth-order valence-electron chi connectivity index (χ4n) is 2.13. The Hall–Kier alpha value is -1.29. The molecule has 4 nitrogen and oxygen atoms in total. The zero-order chi connectivity index (χ0) is 11.6. The van der Waals surface area contributed by atoms with E-state index in [1.54, 1.807) is 7.05 Å². The molecule has 0 aromatic carbocycles. The van der Waals surface area contributed by atoms with Crippen LogP contribution in [0.5, 0.6) is 0 Å². The quantitative estimate of drug-likeness (QED) is 0.733. The first-order valence-corrected chi connectivity index (χ1v) is 5.72.